The van der Waals surface area contributed by atoms with E-state index in [9.17, 15) is 0 Å². The summed E-state index contributed by atoms with van der Waals surface area (Å²) in [5, 5.41) is 0.131. The quantitative estimate of drug-likeness (QED) is 0.132. The first kappa shape index (κ1) is 36.4. The van der Waals surface area contributed by atoms with Gasteiger partial charge in [-0.15, -0.1) is 46.4 Å². The van der Waals surface area contributed by atoms with Crippen LogP contribution in [0.4, 0.5) is 0 Å². The molecule has 0 saturated heterocycles. The van der Waals surface area contributed by atoms with E-state index in [1.807, 2.05) is 0 Å². The third kappa shape index (κ3) is 11.0. The molecule has 0 bridgehead atoms. The molecule has 0 saturated carbocycles. The highest BCUT2D eigenvalue weighted by Gasteiger charge is 2.41. The number of halogens is 4. The summed E-state index contributed by atoms with van der Waals surface area (Å²) in [5.41, 5.74) is 2.23. The zero-order valence-electron chi connectivity index (χ0n) is 25.4. The van der Waals surface area contributed by atoms with Crippen molar-refractivity contribution in [3.63, 3.8) is 0 Å². The molecule has 0 radical (unpaired) electrons. The minimum atomic E-state index is -2.11. The largest absolute Gasteiger partial charge is 0.543 e. The highest BCUT2D eigenvalue weighted by molar-refractivity contribution is 6.75. The summed E-state index contributed by atoms with van der Waals surface area (Å²) in [6, 6.07) is 4.43. The van der Waals surface area contributed by atoms with Gasteiger partial charge in [-0.05, 0) is 48.4 Å². The van der Waals surface area contributed by atoms with E-state index in [1.165, 1.54) is 0 Å². The molecule has 0 atom stereocenters. The minimum absolute atomic E-state index is 0.0655. The predicted octanol–water partition coefficient (Wildman–Crippen LogP) is 9.01. The van der Waals surface area contributed by atoms with Crippen molar-refractivity contribution in [3.05, 3.63) is 23.3 Å². The van der Waals surface area contributed by atoms with Crippen molar-refractivity contribution < 1.29 is 8.85 Å². The molecule has 0 aliphatic heterocycles. The van der Waals surface area contributed by atoms with Gasteiger partial charge < -0.3 is 8.85 Å². The molecule has 0 amide bonds. The van der Waals surface area contributed by atoms with Crippen LogP contribution in [0.1, 0.15) is 52.7 Å². The Morgan fingerprint density at radius 3 is 1.05 bits per heavy atom. The maximum absolute atomic E-state index is 6.98. The van der Waals surface area contributed by atoms with Gasteiger partial charge in [0.05, 0.1) is 0 Å². The average molecular weight is 647 g/mol. The molecule has 1 aromatic rings. The molecule has 0 aliphatic rings. The van der Waals surface area contributed by atoms with E-state index in [-0.39, 0.29) is 10.1 Å². The normalized spacial score (nSPS) is 13.5. The van der Waals surface area contributed by atoms with Crippen LogP contribution in [-0.4, -0.2) is 76.1 Å². The number of benzene rings is 1. The molecule has 0 heterocycles. The zero-order valence-corrected chi connectivity index (χ0v) is 30.5. The van der Waals surface area contributed by atoms with Gasteiger partial charge >= 0.3 is 0 Å². The lowest BCUT2D eigenvalue weighted by molar-refractivity contribution is 0.291. The van der Waals surface area contributed by atoms with Crippen LogP contribution in [0.3, 0.4) is 0 Å². The fourth-order valence-corrected chi connectivity index (χ4v) is 6.49. The highest BCUT2D eigenvalue weighted by Crippen LogP contribution is 2.43. The highest BCUT2D eigenvalue weighted by atomic mass is 35.5. The van der Waals surface area contributed by atoms with Crippen molar-refractivity contribution >= 4 is 63.0 Å². The van der Waals surface area contributed by atoms with Crippen LogP contribution >= 0.6 is 46.4 Å². The molecule has 222 valence electrons. The van der Waals surface area contributed by atoms with Gasteiger partial charge in [0.25, 0.3) is 0 Å². The first-order valence-electron chi connectivity index (χ1n) is 13.6. The molecule has 0 aromatic heterocycles. The minimum Gasteiger partial charge on any atom is -0.543 e. The third-order valence-corrected chi connectivity index (χ3v) is 17.3. The van der Waals surface area contributed by atoms with E-state index in [0.29, 0.717) is 36.6 Å². The molecule has 0 unspecified atom stereocenters. The molecule has 38 heavy (non-hydrogen) atoms. The molecule has 1 aromatic carbocycles. The Morgan fingerprint density at radius 2 is 0.842 bits per heavy atom. The van der Waals surface area contributed by atoms with Crippen molar-refractivity contribution in [2.75, 3.05) is 49.7 Å². The van der Waals surface area contributed by atoms with Crippen molar-refractivity contribution in [2.45, 2.75) is 90.9 Å². The monoisotopic (exact) mass is 644 g/mol. The van der Waals surface area contributed by atoms with Crippen molar-refractivity contribution in [2.24, 2.45) is 0 Å². The average Bonchev–Trinajstić information content (AvgIpc) is 2.75. The van der Waals surface area contributed by atoms with E-state index in [2.05, 4.69) is 89.7 Å². The molecule has 1 rings (SSSR count). The van der Waals surface area contributed by atoms with Crippen LogP contribution in [0.25, 0.3) is 0 Å². The van der Waals surface area contributed by atoms with Gasteiger partial charge in [0.1, 0.15) is 11.5 Å². The molecule has 0 aliphatic carbocycles. The molecule has 10 heteroatoms. The second-order valence-electron chi connectivity index (χ2n) is 13.1. The summed E-state index contributed by atoms with van der Waals surface area (Å²) < 4.78 is 14.0. The van der Waals surface area contributed by atoms with Gasteiger partial charge in [0.15, 0.2) is 0 Å². The van der Waals surface area contributed by atoms with Crippen molar-refractivity contribution in [1.82, 2.24) is 9.80 Å². The van der Waals surface area contributed by atoms with Crippen LogP contribution in [0.2, 0.25) is 36.3 Å². The fourth-order valence-electron chi connectivity index (χ4n) is 3.44. The van der Waals surface area contributed by atoms with Crippen LogP contribution in [-0.2, 0) is 13.1 Å². The number of alkyl halides is 4. The summed E-state index contributed by atoms with van der Waals surface area (Å²) in [5.74, 6) is 4.05. The Morgan fingerprint density at radius 1 is 0.579 bits per heavy atom. The van der Waals surface area contributed by atoms with Gasteiger partial charge in [-0.2, -0.15) is 0 Å². The summed E-state index contributed by atoms with van der Waals surface area (Å²) in [7, 11) is -4.22. The fraction of sp³-hybridized carbons (Fsp3) is 0.786. The molecular formula is C28H52Cl4N2O2Si2. The Balaban J connectivity index is 3.79. The Labute approximate surface area is 255 Å². The second-order valence-corrected chi connectivity index (χ2v) is 24.1. The molecular weight excluding hydrogens is 594 g/mol. The lowest BCUT2D eigenvalue weighted by Gasteiger charge is -2.39. The summed E-state index contributed by atoms with van der Waals surface area (Å²) in [6.07, 6.45) is 0. The SMILES string of the molecule is CC(C)(C)[Si](C)(C)Oc1cc(CN(CCCl)CCCl)c(O[Si](C)(C)C(C)(C)C)cc1CN(CCCl)CCCl. The number of hydrogen-bond acceptors (Lipinski definition) is 4. The van der Waals surface area contributed by atoms with Crippen molar-refractivity contribution in [3.8, 4) is 11.5 Å². The lowest BCUT2D eigenvalue weighted by atomic mass is 10.1. The first-order valence-corrected chi connectivity index (χ1v) is 21.6. The van der Waals surface area contributed by atoms with E-state index in [4.69, 9.17) is 55.3 Å². The van der Waals surface area contributed by atoms with Crippen LogP contribution in [0.15, 0.2) is 12.1 Å². The smallest absolute Gasteiger partial charge is 0.250 e. The lowest BCUT2D eigenvalue weighted by Crippen LogP contribution is -2.45. The van der Waals surface area contributed by atoms with Gasteiger partial charge in [-0.3, -0.25) is 9.80 Å². The van der Waals surface area contributed by atoms with Crippen molar-refractivity contribution in [1.29, 1.82) is 0 Å². The van der Waals surface area contributed by atoms with E-state index < -0.39 is 16.6 Å². The Hall–Kier alpha value is 0.334. The van der Waals surface area contributed by atoms with Gasteiger partial charge in [-0.1, -0.05) is 41.5 Å². The second kappa shape index (κ2) is 15.5. The molecule has 4 nitrogen and oxygen atoms in total. The number of nitrogens with zero attached hydrogens (tertiary/aromatic N) is 2. The first-order chi connectivity index (χ1) is 17.4. The Bertz CT molecular complexity index is 777. The van der Waals surface area contributed by atoms with Gasteiger partial charge in [0.2, 0.25) is 16.6 Å². The number of rotatable bonds is 16. The molecule has 0 N–H and O–H groups in total. The van der Waals surface area contributed by atoms with Gasteiger partial charge in [0, 0.05) is 73.9 Å². The third-order valence-electron chi connectivity index (χ3n) is 7.98. The van der Waals surface area contributed by atoms with Crippen LogP contribution in [0, 0.1) is 0 Å². The summed E-state index contributed by atoms with van der Waals surface area (Å²) >= 11 is 24.6. The van der Waals surface area contributed by atoms with Gasteiger partial charge in [-0.25, -0.2) is 0 Å². The summed E-state index contributed by atoms with van der Waals surface area (Å²) in [4.78, 5) is 4.58. The molecule has 0 fully saturated rings. The Kier molecular flexibility index (Phi) is 14.9. The number of hydrogen-bond donors (Lipinski definition) is 0. The van der Waals surface area contributed by atoms with E-state index >= 15 is 0 Å². The van der Waals surface area contributed by atoms with E-state index in [0.717, 1.165) is 48.8 Å². The standard InChI is InChI=1S/C28H52Cl4N2O2Si2/c1-27(2,3)37(7,8)35-25-19-24(22-34(17-13-31)18-14-32)26(36-38(9,10)28(4,5)6)20-23(25)21-33(15-11-29)16-12-30/h19-20H,11-18,21-22H2,1-10H3. The maximum atomic E-state index is 6.98. The molecule has 0 spiro atoms. The predicted molar refractivity (Wildman–Crippen MR) is 176 cm³/mol. The topological polar surface area (TPSA) is 24.9 Å². The van der Waals surface area contributed by atoms with E-state index in [1.54, 1.807) is 0 Å². The van der Waals surface area contributed by atoms with Crippen LogP contribution < -0.4 is 8.85 Å². The zero-order chi connectivity index (χ0) is 29.4. The van der Waals surface area contributed by atoms with Crippen LogP contribution in [0.5, 0.6) is 11.5 Å². The maximum Gasteiger partial charge on any atom is 0.250 e. The summed E-state index contributed by atoms with van der Waals surface area (Å²) in [6.45, 7) is 27.2.